The van der Waals surface area contributed by atoms with Gasteiger partial charge in [-0.2, -0.15) is 0 Å². The lowest BCUT2D eigenvalue weighted by Crippen LogP contribution is -2.26. The molecule has 0 spiro atoms. The van der Waals surface area contributed by atoms with Crippen molar-refractivity contribution in [2.24, 2.45) is 5.92 Å². The van der Waals surface area contributed by atoms with Gasteiger partial charge in [0.15, 0.2) is 0 Å². The second kappa shape index (κ2) is 6.37. The maximum atomic E-state index is 4.27. The van der Waals surface area contributed by atoms with Gasteiger partial charge in [-0.1, -0.05) is 26.7 Å². The van der Waals surface area contributed by atoms with Crippen molar-refractivity contribution in [3.8, 4) is 0 Å². The topological polar surface area (TPSA) is 29.9 Å². The summed E-state index contributed by atoms with van der Waals surface area (Å²) in [5.41, 5.74) is 1.34. The van der Waals surface area contributed by atoms with Gasteiger partial charge in [0, 0.05) is 24.8 Å². The van der Waals surface area contributed by atoms with Crippen LogP contribution in [-0.4, -0.2) is 15.6 Å². The molecule has 0 bridgehead atoms. The van der Waals surface area contributed by atoms with Crippen molar-refractivity contribution in [3.05, 3.63) is 18.2 Å². The van der Waals surface area contributed by atoms with Gasteiger partial charge in [0.1, 0.15) is 0 Å². The molecule has 0 radical (unpaired) electrons. The van der Waals surface area contributed by atoms with Crippen LogP contribution in [0.3, 0.4) is 0 Å². The molecule has 1 aliphatic carbocycles. The lowest BCUT2D eigenvalue weighted by Gasteiger charge is -2.15. The predicted molar refractivity (Wildman–Crippen MR) is 75.5 cm³/mol. The number of nitrogens with one attached hydrogen (secondary N) is 1. The van der Waals surface area contributed by atoms with Crippen molar-refractivity contribution >= 4 is 0 Å². The number of imidazole rings is 1. The number of aromatic nitrogens is 2. The fourth-order valence-corrected chi connectivity index (χ4v) is 2.36. The van der Waals surface area contributed by atoms with Gasteiger partial charge < -0.3 is 9.88 Å². The van der Waals surface area contributed by atoms with Crippen LogP contribution in [0.25, 0.3) is 0 Å². The van der Waals surface area contributed by atoms with Crippen molar-refractivity contribution in [3.63, 3.8) is 0 Å². The third-order valence-corrected chi connectivity index (χ3v) is 3.74. The molecule has 3 nitrogen and oxygen atoms in total. The zero-order valence-corrected chi connectivity index (χ0v) is 12.0. The third-order valence-electron chi connectivity index (χ3n) is 3.74. The molecule has 18 heavy (non-hydrogen) atoms. The first-order chi connectivity index (χ1) is 8.66. The molecule has 0 saturated heterocycles. The number of nitrogens with zero attached hydrogens (tertiary/aromatic N) is 2. The fraction of sp³-hybridized carbons (Fsp3) is 0.800. The Labute approximate surface area is 111 Å². The Balaban J connectivity index is 1.68. The molecule has 1 unspecified atom stereocenters. The van der Waals surface area contributed by atoms with Crippen molar-refractivity contribution in [1.29, 1.82) is 0 Å². The molecule has 1 atom stereocenters. The van der Waals surface area contributed by atoms with Gasteiger partial charge in [0.25, 0.3) is 0 Å². The van der Waals surface area contributed by atoms with Crippen LogP contribution in [0.2, 0.25) is 0 Å². The van der Waals surface area contributed by atoms with Gasteiger partial charge in [-0.3, -0.25) is 0 Å². The van der Waals surface area contributed by atoms with E-state index in [1.54, 1.807) is 0 Å². The first-order valence-electron chi connectivity index (χ1n) is 7.41. The average molecular weight is 249 g/mol. The van der Waals surface area contributed by atoms with Crippen molar-refractivity contribution in [2.75, 3.05) is 0 Å². The van der Waals surface area contributed by atoms with Gasteiger partial charge in [0.05, 0.1) is 12.0 Å². The summed E-state index contributed by atoms with van der Waals surface area (Å²) >= 11 is 0. The predicted octanol–water partition coefficient (Wildman–Crippen LogP) is 3.52. The molecule has 3 heteroatoms. The minimum absolute atomic E-state index is 0.603. The summed E-state index contributed by atoms with van der Waals surface area (Å²) in [6.45, 7) is 7.84. The summed E-state index contributed by atoms with van der Waals surface area (Å²) < 4.78 is 2.34. The van der Waals surface area contributed by atoms with E-state index in [-0.39, 0.29) is 0 Å². The molecule has 102 valence electrons. The van der Waals surface area contributed by atoms with Crippen molar-refractivity contribution in [2.45, 2.75) is 71.5 Å². The van der Waals surface area contributed by atoms with E-state index in [2.05, 4.69) is 35.6 Å². The van der Waals surface area contributed by atoms with E-state index in [1.165, 1.54) is 37.8 Å². The standard InChI is InChI=1S/C15H27N3/c1-12(2)5-4-6-13(3)17-10-15-9-16-11-18(15)14-7-8-14/h9,11-14,17H,4-8,10H2,1-3H3. The molecule has 1 aliphatic rings. The Bertz CT molecular complexity index is 352. The molecule has 0 aliphatic heterocycles. The third kappa shape index (κ3) is 4.13. The van der Waals surface area contributed by atoms with Gasteiger partial charge in [-0.25, -0.2) is 4.98 Å². The van der Waals surface area contributed by atoms with Crippen LogP contribution in [0, 0.1) is 5.92 Å². The van der Waals surface area contributed by atoms with Crippen LogP contribution >= 0.6 is 0 Å². The summed E-state index contributed by atoms with van der Waals surface area (Å²) in [6.07, 6.45) is 10.6. The zero-order chi connectivity index (χ0) is 13.0. The summed E-state index contributed by atoms with van der Waals surface area (Å²) in [6, 6.07) is 1.34. The van der Waals surface area contributed by atoms with E-state index in [4.69, 9.17) is 0 Å². The summed E-state index contributed by atoms with van der Waals surface area (Å²) in [5, 5.41) is 3.62. The average Bonchev–Trinajstić information content (AvgIpc) is 3.05. The monoisotopic (exact) mass is 249 g/mol. The summed E-state index contributed by atoms with van der Waals surface area (Å²) in [4.78, 5) is 4.27. The molecule has 1 saturated carbocycles. The Hall–Kier alpha value is -0.830. The highest BCUT2D eigenvalue weighted by atomic mass is 15.1. The first kappa shape index (κ1) is 13.6. The van der Waals surface area contributed by atoms with Crippen LogP contribution in [-0.2, 0) is 6.54 Å². The van der Waals surface area contributed by atoms with E-state index in [9.17, 15) is 0 Å². The summed E-state index contributed by atoms with van der Waals surface area (Å²) in [7, 11) is 0. The Morgan fingerprint density at radius 2 is 2.11 bits per heavy atom. The lowest BCUT2D eigenvalue weighted by molar-refractivity contribution is 0.451. The highest BCUT2D eigenvalue weighted by molar-refractivity contribution is 5.03. The number of hydrogen-bond acceptors (Lipinski definition) is 2. The molecular formula is C15H27N3. The number of hydrogen-bond donors (Lipinski definition) is 1. The number of rotatable bonds is 8. The Kier molecular flexibility index (Phi) is 4.81. The van der Waals surface area contributed by atoms with E-state index in [0.29, 0.717) is 6.04 Å². The second-order valence-corrected chi connectivity index (χ2v) is 6.13. The van der Waals surface area contributed by atoms with Gasteiger partial charge in [-0.15, -0.1) is 0 Å². The Morgan fingerprint density at radius 3 is 2.78 bits per heavy atom. The van der Waals surface area contributed by atoms with Crippen LogP contribution in [0.4, 0.5) is 0 Å². The van der Waals surface area contributed by atoms with E-state index >= 15 is 0 Å². The molecule has 1 fully saturated rings. The van der Waals surface area contributed by atoms with Crippen molar-refractivity contribution < 1.29 is 0 Å². The first-order valence-corrected chi connectivity index (χ1v) is 7.41. The maximum Gasteiger partial charge on any atom is 0.0951 e. The summed E-state index contributed by atoms with van der Waals surface area (Å²) in [5.74, 6) is 0.827. The van der Waals surface area contributed by atoms with Crippen LogP contribution in [0.1, 0.15) is 64.6 Å². The minimum Gasteiger partial charge on any atom is -0.330 e. The minimum atomic E-state index is 0.603. The normalized spacial score (nSPS) is 17.3. The lowest BCUT2D eigenvalue weighted by atomic mass is 10.0. The molecule has 0 aromatic carbocycles. The fourth-order valence-electron chi connectivity index (χ4n) is 2.36. The smallest absolute Gasteiger partial charge is 0.0951 e. The van der Waals surface area contributed by atoms with Crippen LogP contribution in [0.5, 0.6) is 0 Å². The van der Waals surface area contributed by atoms with Crippen molar-refractivity contribution in [1.82, 2.24) is 14.9 Å². The highest BCUT2D eigenvalue weighted by Crippen LogP contribution is 2.35. The van der Waals surface area contributed by atoms with Gasteiger partial charge in [-0.05, 0) is 32.1 Å². The highest BCUT2D eigenvalue weighted by Gasteiger charge is 2.24. The molecular weight excluding hydrogens is 222 g/mol. The molecule has 1 aromatic rings. The van der Waals surface area contributed by atoms with Crippen LogP contribution < -0.4 is 5.32 Å². The second-order valence-electron chi connectivity index (χ2n) is 6.13. The largest absolute Gasteiger partial charge is 0.330 e. The molecule has 1 N–H and O–H groups in total. The van der Waals surface area contributed by atoms with E-state index < -0.39 is 0 Å². The molecule has 1 heterocycles. The quantitative estimate of drug-likeness (QED) is 0.764. The molecule has 1 aromatic heterocycles. The molecule has 0 amide bonds. The van der Waals surface area contributed by atoms with Gasteiger partial charge in [0.2, 0.25) is 0 Å². The van der Waals surface area contributed by atoms with Gasteiger partial charge >= 0.3 is 0 Å². The maximum absolute atomic E-state index is 4.27. The SMILES string of the molecule is CC(C)CCCC(C)NCc1cncn1C1CC1. The van der Waals surface area contributed by atoms with E-state index in [1.807, 2.05) is 12.5 Å². The Morgan fingerprint density at radius 1 is 1.33 bits per heavy atom. The van der Waals surface area contributed by atoms with E-state index in [0.717, 1.165) is 18.5 Å². The molecule has 2 rings (SSSR count). The van der Waals surface area contributed by atoms with Crippen LogP contribution in [0.15, 0.2) is 12.5 Å². The zero-order valence-electron chi connectivity index (χ0n) is 12.0.